The van der Waals surface area contributed by atoms with E-state index in [0.717, 1.165) is 63.4 Å². The van der Waals surface area contributed by atoms with E-state index in [1.807, 2.05) is 37.3 Å². The van der Waals surface area contributed by atoms with E-state index < -0.39 is 47.8 Å². The van der Waals surface area contributed by atoms with Gasteiger partial charge in [0.1, 0.15) is 31.1 Å². The molecule has 8 atom stereocenters. The number of carbonyl (C=O) groups excluding carboxylic acids is 6. The minimum Gasteiger partial charge on any atom is -0.463 e. The molecule has 1 amide bonds. The van der Waals surface area contributed by atoms with Crippen LogP contribution in [0.4, 0.5) is 4.79 Å². The maximum atomic E-state index is 13.0. The van der Waals surface area contributed by atoms with Crippen molar-refractivity contribution >= 4 is 35.8 Å². The smallest absolute Gasteiger partial charge is 0.407 e. The molecular weight excluding hydrogens is 720 g/mol. The maximum absolute atomic E-state index is 13.0. The van der Waals surface area contributed by atoms with Gasteiger partial charge in [-0.2, -0.15) is 0 Å². The van der Waals surface area contributed by atoms with Crippen molar-refractivity contribution in [3.63, 3.8) is 0 Å². The molecule has 4 fully saturated rings. The number of fused-ring (bicyclic) bond motifs is 5. The summed E-state index contributed by atoms with van der Waals surface area (Å²) < 4.78 is 26.8. The molecule has 312 valence electrons. The number of hydrogen-bond acceptors (Lipinski definition) is 12. The Morgan fingerprint density at radius 1 is 0.839 bits per heavy atom. The number of rotatable bonds is 15. The molecule has 1 aromatic rings. The van der Waals surface area contributed by atoms with Crippen molar-refractivity contribution in [2.45, 2.75) is 117 Å². The summed E-state index contributed by atoms with van der Waals surface area (Å²) in [7, 11) is 1.61. The van der Waals surface area contributed by atoms with E-state index >= 15 is 0 Å². The van der Waals surface area contributed by atoms with Crippen LogP contribution in [0.15, 0.2) is 30.3 Å². The summed E-state index contributed by atoms with van der Waals surface area (Å²) in [5.41, 5.74) is -1.23. The molecule has 13 heteroatoms. The summed E-state index contributed by atoms with van der Waals surface area (Å²) in [4.78, 5) is 76.5. The summed E-state index contributed by atoms with van der Waals surface area (Å²) >= 11 is 0. The van der Waals surface area contributed by atoms with E-state index in [0.29, 0.717) is 29.5 Å². The number of likely N-dealkylation sites (N-methyl/N-ethyl adjacent to an activating group) is 1. The molecule has 0 saturated heterocycles. The van der Waals surface area contributed by atoms with Gasteiger partial charge >= 0.3 is 30.0 Å². The Balaban J connectivity index is 0.00000720. The standard InChI is InChI=1S/C43H62N2O11.H2/c1-28(46)32-15-16-33-31-14-13-30-23-41(4,19-20-42(30,5)34(31)17-18-43(32,33)6)56-37(49)27-53-38(50)40(2,3)55-36(48)25-45(7)21-22-52-35(47)24-44-39(51)54-26-29-11-9-8-10-12-29;/h8-12,30-34H,13-27H2,1-7H3,(H,44,51);1H/t30-,31-,32+,33-,34-,41+,42-,43+;/m0./s1. The highest BCUT2D eigenvalue weighted by Crippen LogP contribution is 2.68. The molecule has 0 heterocycles. The predicted molar refractivity (Wildman–Crippen MR) is 207 cm³/mol. The molecular formula is C43H64N2O11. The van der Waals surface area contributed by atoms with Gasteiger partial charge in [-0.25, -0.2) is 14.4 Å². The summed E-state index contributed by atoms with van der Waals surface area (Å²) in [6.07, 6.45) is 8.39. The lowest BCUT2D eigenvalue weighted by Gasteiger charge is -2.62. The zero-order chi connectivity index (χ0) is 40.9. The van der Waals surface area contributed by atoms with Crippen LogP contribution in [0.5, 0.6) is 0 Å². The van der Waals surface area contributed by atoms with Crippen molar-refractivity contribution in [1.29, 1.82) is 0 Å². The Labute approximate surface area is 332 Å². The first-order valence-electron chi connectivity index (χ1n) is 20.3. The zero-order valence-electron chi connectivity index (χ0n) is 34.3. The summed E-state index contributed by atoms with van der Waals surface area (Å²) in [5.74, 6) is -0.0671. The average Bonchev–Trinajstić information content (AvgIpc) is 3.50. The number of amides is 1. The largest absolute Gasteiger partial charge is 0.463 e. The van der Waals surface area contributed by atoms with Crippen LogP contribution in [0.25, 0.3) is 0 Å². The van der Waals surface area contributed by atoms with Crippen LogP contribution >= 0.6 is 0 Å². The van der Waals surface area contributed by atoms with Crippen LogP contribution in [-0.4, -0.2) is 91.8 Å². The summed E-state index contributed by atoms with van der Waals surface area (Å²) in [5, 5.41) is 2.32. The van der Waals surface area contributed by atoms with Crippen LogP contribution in [-0.2, 0) is 54.3 Å². The molecule has 0 spiro atoms. The fraction of sp³-hybridized carbons (Fsp3) is 0.721. The second-order valence-electron chi connectivity index (χ2n) is 18.0. The van der Waals surface area contributed by atoms with Gasteiger partial charge in [-0.1, -0.05) is 44.2 Å². The molecule has 4 aliphatic carbocycles. The minimum atomic E-state index is -1.67. The van der Waals surface area contributed by atoms with Gasteiger partial charge in [-0.15, -0.1) is 0 Å². The fourth-order valence-corrected chi connectivity index (χ4v) is 10.7. The highest BCUT2D eigenvalue weighted by atomic mass is 16.6. The molecule has 0 radical (unpaired) electrons. The number of alkyl carbamates (subject to hydrolysis) is 1. The minimum absolute atomic E-state index is 0. The molecule has 0 aromatic heterocycles. The highest BCUT2D eigenvalue weighted by molar-refractivity contribution is 5.85. The van der Waals surface area contributed by atoms with Crippen LogP contribution < -0.4 is 5.32 Å². The second-order valence-corrected chi connectivity index (χ2v) is 18.0. The average molecular weight is 785 g/mol. The van der Waals surface area contributed by atoms with Gasteiger partial charge in [-0.3, -0.25) is 19.3 Å². The summed E-state index contributed by atoms with van der Waals surface area (Å²) in [6, 6.07) is 9.11. The van der Waals surface area contributed by atoms with E-state index in [-0.39, 0.29) is 51.0 Å². The van der Waals surface area contributed by atoms with Crippen LogP contribution in [0.1, 0.15) is 106 Å². The van der Waals surface area contributed by atoms with Gasteiger partial charge in [0.05, 0.1) is 6.54 Å². The van der Waals surface area contributed by atoms with Gasteiger partial charge in [0.15, 0.2) is 6.61 Å². The van der Waals surface area contributed by atoms with Gasteiger partial charge in [0.2, 0.25) is 5.60 Å². The van der Waals surface area contributed by atoms with Gasteiger partial charge in [0, 0.05) is 13.9 Å². The number of ketones is 1. The predicted octanol–water partition coefficient (Wildman–Crippen LogP) is 6.05. The zero-order valence-corrected chi connectivity index (χ0v) is 34.3. The topological polar surface area (TPSA) is 164 Å². The van der Waals surface area contributed by atoms with Crippen molar-refractivity contribution in [2.24, 2.45) is 40.4 Å². The molecule has 5 rings (SSSR count). The van der Waals surface area contributed by atoms with Gasteiger partial charge in [-0.05, 0) is 133 Å². The number of benzene rings is 1. The van der Waals surface area contributed by atoms with Crippen molar-refractivity contribution in [3.05, 3.63) is 35.9 Å². The van der Waals surface area contributed by atoms with E-state index in [1.165, 1.54) is 13.8 Å². The third kappa shape index (κ3) is 10.1. The number of carbonyl (C=O) groups is 6. The molecule has 13 nitrogen and oxygen atoms in total. The SMILES string of the molecule is CC(=O)[C@H]1CC[C@H]2[C@@H]3CC[C@H]4C[C@](C)(OC(=O)COC(=O)C(C)(C)OC(=O)CN(C)CCOC(=O)CNC(=O)OCc5ccccc5)CC[C@]4(C)[C@H]3CC[C@]12C.[HH]. The van der Waals surface area contributed by atoms with Crippen LogP contribution in [0.3, 0.4) is 0 Å². The molecule has 0 unspecified atom stereocenters. The second kappa shape index (κ2) is 17.6. The maximum Gasteiger partial charge on any atom is 0.407 e. The molecule has 0 aliphatic heterocycles. The molecule has 1 aromatic carbocycles. The Hall–Kier alpha value is -4.00. The van der Waals surface area contributed by atoms with Crippen molar-refractivity contribution in [1.82, 2.24) is 10.2 Å². The lowest BCUT2D eigenvalue weighted by atomic mass is 9.44. The van der Waals surface area contributed by atoms with Gasteiger partial charge < -0.3 is 29.0 Å². The van der Waals surface area contributed by atoms with Crippen molar-refractivity contribution < 1.29 is 53.9 Å². The first kappa shape index (κ1) is 43.1. The Kier molecular flexibility index (Phi) is 13.6. The lowest BCUT2D eigenvalue weighted by molar-refractivity contribution is -0.191. The fourth-order valence-electron chi connectivity index (χ4n) is 10.7. The van der Waals surface area contributed by atoms with Crippen molar-refractivity contribution in [2.75, 3.05) is 39.9 Å². The number of nitrogens with zero attached hydrogens (tertiary/aromatic N) is 1. The Bertz CT molecular complexity index is 1620. The first-order chi connectivity index (χ1) is 26.3. The quantitative estimate of drug-likeness (QED) is 0.162. The van der Waals surface area contributed by atoms with E-state index in [9.17, 15) is 28.8 Å². The van der Waals surface area contributed by atoms with Crippen LogP contribution in [0, 0.1) is 40.4 Å². The van der Waals surface area contributed by atoms with Crippen LogP contribution in [0.2, 0.25) is 0 Å². The first-order valence-corrected chi connectivity index (χ1v) is 20.3. The number of Topliss-reactive ketones (excluding diaryl/α,β-unsaturated/α-hetero) is 1. The molecule has 56 heavy (non-hydrogen) atoms. The number of nitrogens with one attached hydrogen (secondary N) is 1. The summed E-state index contributed by atoms with van der Waals surface area (Å²) in [6.45, 7) is 10.4. The Morgan fingerprint density at radius 3 is 2.27 bits per heavy atom. The van der Waals surface area contributed by atoms with E-state index in [4.69, 9.17) is 23.7 Å². The number of ether oxygens (including phenoxy) is 5. The number of esters is 4. The van der Waals surface area contributed by atoms with E-state index in [2.05, 4.69) is 19.2 Å². The monoisotopic (exact) mass is 784 g/mol. The number of hydrogen-bond donors (Lipinski definition) is 1. The molecule has 0 bridgehead atoms. The Morgan fingerprint density at radius 2 is 1.55 bits per heavy atom. The van der Waals surface area contributed by atoms with Gasteiger partial charge in [0.25, 0.3) is 0 Å². The highest BCUT2D eigenvalue weighted by Gasteiger charge is 2.62. The third-order valence-corrected chi connectivity index (χ3v) is 13.7. The van der Waals surface area contributed by atoms with Crippen molar-refractivity contribution in [3.8, 4) is 0 Å². The normalized spacial score (nSPS) is 30.8. The lowest BCUT2D eigenvalue weighted by Crippen LogP contribution is -2.56. The third-order valence-electron chi connectivity index (χ3n) is 13.7. The van der Waals surface area contributed by atoms with E-state index in [1.54, 1.807) is 18.9 Å². The molecule has 4 aliphatic rings. The molecule has 1 N–H and O–H groups in total. The molecule has 4 saturated carbocycles.